The van der Waals surface area contributed by atoms with Gasteiger partial charge in [0.25, 0.3) is 5.91 Å². The van der Waals surface area contributed by atoms with Crippen LogP contribution in [0, 0.1) is 0 Å². The van der Waals surface area contributed by atoms with Crippen LogP contribution in [0.25, 0.3) is 0 Å². The van der Waals surface area contributed by atoms with Crippen LogP contribution in [-0.4, -0.2) is 72.8 Å². The molecule has 27 heavy (non-hydrogen) atoms. The Labute approximate surface area is 156 Å². The number of hydrogen-bond acceptors (Lipinski definition) is 7. The lowest BCUT2D eigenvalue weighted by Crippen LogP contribution is -2.43. The number of ketones is 1. The highest BCUT2D eigenvalue weighted by molar-refractivity contribution is 6.08. The largest absolute Gasteiger partial charge is 0.503 e. The van der Waals surface area contributed by atoms with Crippen LogP contribution in [0.4, 0.5) is 0 Å². The number of benzene rings is 1. The molecule has 1 aromatic carbocycles. The lowest BCUT2D eigenvalue weighted by Gasteiger charge is -2.31. The summed E-state index contributed by atoms with van der Waals surface area (Å²) in [6, 6.07) is 4.69. The van der Waals surface area contributed by atoms with Crippen LogP contribution in [0.15, 0.2) is 29.5 Å². The van der Waals surface area contributed by atoms with Gasteiger partial charge >= 0.3 is 0 Å². The Morgan fingerprint density at radius 1 is 1.19 bits per heavy atom. The maximum atomic E-state index is 12.7. The van der Waals surface area contributed by atoms with Gasteiger partial charge in [0.15, 0.2) is 23.0 Å². The second kappa shape index (κ2) is 7.21. The minimum absolute atomic E-state index is 0.126. The van der Waals surface area contributed by atoms with Crippen LogP contribution in [0.5, 0.6) is 11.5 Å². The second-order valence-electron chi connectivity index (χ2n) is 6.79. The third-order valence-electron chi connectivity index (χ3n) is 5.16. The predicted octanol–water partition coefficient (Wildman–Crippen LogP) is 1.03. The number of Topliss-reactive ketones (excluding diaryl/α,β-unsaturated/α-hetero) is 1. The van der Waals surface area contributed by atoms with Gasteiger partial charge in [-0.3, -0.25) is 14.5 Å². The van der Waals surface area contributed by atoms with Crippen LogP contribution in [-0.2, 0) is 14.3 Å². The molecule has 3 aliphatic rings. The molecule has 3 heterocycles. The molecule has 0 unspecified atom stereocenters. The lowest BCUT2D eigenvalue weighted by atomic mass is 9.96. The highest BCUT2D eigenvalue weighted by Crippen LogP contribution is 2.41. The average molecular weight is 374 g/mol. The van der Waals surface area contributed by atoms with Crippen molar-refractivity contribution < 1.29 is 28.9 Å². The fourth-order valence-electron chi connectivity index (χ4n) is 3.75. The summed E-state index contributed by atoms with van der Waals surface area (Å²) in [5.74, 6) is -0.108. The number of nitrogens with zero attached hydrogens (tertiary/aromatic N) is 2. The number of rotatable bonds is 5. The van der Waals surface area contributed by atoms with E-state index in [4.69, 9.17) is 14.2 Å². The van der Waals surface area contributed by atoms with Gasteiger partial charge in [-0.05, 0) is 24.6 Å². The highest BCUT2D eigenvalue weighted by Gasteiger charge is 2.42. The topological polar surface area (TPSA) is 88.5 Å². The summed E-state index contributed by atoms with van der Waals surface area (Å²) in [6.07, 6.45) is 0. The van der Waals surface area contributed by atoms with Gasteiger partial charge in [0.1, 0.15) is 0 Å². The third kappa shape index (κ3) is 3.26. The van der Waals surface area contributed by atoms with Crippen molar-refractivity contribution in [1.29, 1.82) is 0 Å². The highest BCUT2D eigenvalue weighted by atomic mass is 16.7. The van der Waals surface area contributed by atoms with Crippen molar-refractivity contribution in [2.45, 2.75) is 13.0 Å². The van der Waals surface area contributed by atoms with Crippen molar-refractivity contribution in [3.8, 4) is 11.5 Å². The molecule has 1 N–H and O–H groups in total. The number of carbonyl (C=O) groups is 2. The first-order chi connectivity index (χ1) is 13.1. The molecule has 4 rings (SSSR count). The number of amides is 1. The molecule has 1 aromatic rings. The summed E-state index contributed by atoms with van der Waals surface area (Å²) >= 11 is 0. The molecule has 1 fully saturated rings. The van der Waals surface area contributed by atoms with Gasteiger partial charge in [-0.2, -0.15) is 0 Å². The quantitative estimate of drug-likeness (QED) is 0.823. The van der Waals surface area contributed by atoms with Gasteiger partial charge in [0.2, 0.25) is 6.79 Å². The fourth-order valence-corrected chi connectivity index (χ4v) is 3.75. The monoisotopic (exact) mass is 374 g/mol. The van der Waals surface area contributed by atoms with Crippen LogP contribution >= 0.6 is 0 Å². The van der Waals surface area contributed by atoms with Crippen molar-refractivity contribution >= 4 is 11.7 Å². The molecule has 8 heteroatoms. The van der Waals surface area contributed by atoms with Gasteiger partial charge < -0.3 is 24.2 Å². The lowest BCUT2D eigenvalue weighted by molar-refractivity contribution is -0.129. The molecule has 3 aliphatic heterocycles. The molecule has 144 valence electrons. The summed E-state index contributed by atoms with van der Waals surface area (Å²) in [5, 5.41) is 10.3. The minimum atomic E-state index is -0.634. The minimum Gasteiger partial charge on any atom is -0.503 e. The Hall–Kier alpha value is -2.58. The van der Waals surface area contributed by atoms with Crippen molar-refractivity contribution in [1.82, 2.24) is 9.80 Å². The molecule has 1 saturated heterocycles. The molecular weight excluding hydrogens is 352 g/mol. The van der Waals surface area contributed by atoms with E-state index in [2.05, 4.69) is 4.90 Å². The number of hydrogen-bond donors (Lipinski definition) is 1. The van der Waals surface area contributed by atoms with E-state index in [1.807, 2.05) is 0 Å². The van der Waals surface area contributed by atoms with E-state index in [1.54, 1.807) is 23.1 Å². The molecule has 0 saturated carbocycles. The van der Waals surface area contributed by atoms with Crippen molar-refractivity contribution in [2.24, 2.45) is 0 Å². The number of carbonyl (C=O) groups excluding carboxylic acids is 2. The van der Waals surface area contributed by atoms with Gasteiger partial charge in [-0.1, -0.05) is 6.07 Å². The number of aliphatic hydroxyl groups is 1. The number of aliphatic hydroxyl groups excluding tert-OH is 1. The van der Waals surface area contributed by atoms with Crippen molar-refractivity contribution in [3.63, 3.8) is 0 Å². The van der Waals surface area contributed by atoms with Gasteiger partial charge in [0.05, 0.1) is 24.8 Å². The summed E-state index contributed by atoms with van der Waals surface area (Å²) in [4.78, 5) is 28.6. The van der Waals surface area contributed by atoms with Crippen LogP contribution in [0.2, 0.25) is 0 Å². The van der Waals surface area contributed by atoms with E-state index in [9.17, 15) is 14.7 Å². The predicted molar refractivity (Wildman–Crippen MR) is 94.6 cm³/mol. The van der Waals surface area contributed by atoms with Crippen LogP contribution in [0.3, 0.4) is 0 Å². The SMILES string of the molecule is CC(=O)C1=C(O)C(=O)N(CCN2CCOCC2)[C@@H]1c1ccc2c(c1)OCO2. The summed E-state index contributed by atoms with van der Waals surface area (Å²) in [6.45, 7) is 5.50. The first-order valence-electron chi connectivity index (χ1n) is 9.01. The standard InChI is InChI=1S/C19H22N2O6/c1-12(22)16-17(13-2-3-14-15(10-13)27-11-26-14)21(19(24)18(16)23)5-4-20-6-8-25-9-7-20/h2-3,10,17,23H,4-9,11H2,1H3/t17-/m1/s1. The van der Waals surface area contributed by atoms with Gasteiger partial charge in [-0.15, -0.1) is 0 Å². The van der Waals surface area contributed by atoms with Crippen LogP contribution in [0.1, 0.15) is 18.5 Å². The van der Waals surface area contributed by atoms with E-state index in [0.29, 0.717) is 43.4 Å². The molecular formula is C19H22N2O6. The zero-order valence-corrected chi connectivity index (χ0v) is 15.1. The molecule has 1 atom stereocenters. The summed E-state index contributed by atoms with van der Waals surface area (Å²) < 4.78 is 16.1. The molecule has 0 bridgehead atoms. The molecule has 8 nitrogen and oxygen atoms in total. The number of ether oxygens (including phenoxy) is 3. The zero-order chi connectivity index (χ0) is 19.0. The smallest absolute Gasteiger partial charge is 0.290 e. The van der Waals surface area contributed by atoms with E-state index >= 15 is 0 Å². The summed E-state index contributed by atoms with van der Waals surface area (Å²) in [7, 11) is 0. The Balaban J connectivity index is 1.62. The Kier molecular flexibility index (Phi) is 4.75. The van der Waals surface area contributed by atoms with Gasteiger partial charge in [-0.25, -0.2) is 0 Å². The van der Waals surface area contributed by atoms with Crippen molar-refractivity contribution in [3.05, 3.63) is 35.1 Å². The Morgan fingerprint density at radius 2 is 1.93 bits per heavy atom. The first kappa shape index (κ1) is 17.8. The van der Waals surface area contributed by atoms with Crippen molar-refractivity contribution in [2.75, 3.05) is 46.2 Å². The maximum Gasteiger partial charge on any atom is 0.290 e. The average Bonchev–Trinajstić information content (AvgIpc) is 3.23. The molecule has 0 radical (unpaired) electrons. The molecule has 0 spiro atoms. The zero-order valence-electron chi connectivity index (χ0n) is 15.1. The Morgan fingerprint density at radius 3 is 2.67 bits per heavy atom. The van der Waals surface area contributed by atoms with Gasteiger partial charge in [0, 0.05) is 26.2 Å². The Bertz CT molecular complexity index is 799. The van der Waals surface area contributed by atoms with E-state index < -0.39 is 17.7 Å². The third-order valence-corrected chi connectivity index (χ3v) is 5.16. The van der Waals surface area contributed by atoms with E-state index in [-0.39, 0.29) is 18.1 Å². The first-order valence-corrected chi connectivity index (χ1v) is 9.01. The normalized spacial score (nSPS) is 22.6. The number of morpholine rings is 1. The molecule has 0 aromatic heterocycles. The summed E-state index contributed by atoms with van der Waals surface area (Å²) in [5.41, 5.74) is 0.838. The maximum absolute atomic E-state index is 12.7. The van der Waals surface area contributed by atoms with Crippen LogP contribution < -0.4 is 9.47 Å². The molecule has 0 aliphatic carbocycles. The van der Waals surface area contributed by atoms with E-state index in [1.165, 1.54) is 6.92 Å². The second-order valence-corrected chi connectivity index (χ2v) is 6.79. The van der Waals surface area contributed by atoms with E-state index in [0.717, 1.165) is 13.1 Å². The number of fused-ring (bicyclic) bond motifs is 1. The molecule has 1 amide bonds. The fraction of sp³-hybridized carbons (Fsp3) is 0.474.